The van der Waals surface area contributed by atoms with Crippen LogP contribution in [-0.2, 0) is 9.59 Å². The molecule has 0 saturated carbocycles. The van der Waals surface area contributed by atoms with E-state index in [1.807, 2.05) is 35.2 Å². The first kappa shape index (κ1) is 18.3. The van der Waals surface area contributed by atoms with Crippen LogP contribution in [-0.4, -0.2) is 62.0 Å². The third-order valence-electron chi connectivity index (χ3n) is 5.27. The van der Waals surface area contributed by atoms with Gasteiger partial charge < -0.3 is 14.5 Å². The fourth-order valence-electron chi connectivity index (χ4n) is 3.67. The summed E-state index contributed by atoms with van der Waals surface area (Å²) >= 11 is 0. The Hall–Kier alpha value is -3.12. The van der Waals surface area contributed by atoms with Crippen molar-refractivity contribution in [2.45, 2.75) is 0 Å². The van der Waals surface area contributed by atoms with Crippen LogP contribution < -0.4 is 9.64 Å². The molecule has 4 rings (SSSR count). The van der Waals surface area contributed by atoms with E-state index < -0.39 is 0 Å². The van der Waals surface area contributed by atoms with E-state index in [-0.39, 0.29) is 11.8 Å². The highest BCUT2D eigenvalue weighted by atomic mass is 16.5. The zero-order valence-electron chi connectivity index (χ0n) is 16.1. The summed E-state index contributed by atoms with van der Waals surface area (Å²) in [6, 6.07) is 16.4. The standard InChI is InChI=1S/C22H23N3O3/c1-23-12-14-24(15-13-23)20-19(16-6-4-3-5-7-16)21(26)25(22(20)27)17-8-10-18(28-2)11-9-17/h3-11H,12-15H2,1-2H3. The summed E-state index contributed by atoms with van der Waals surface area (Å²) in [6.07, 6.45) is 0. The van der Waals surface area contributed by atoms with Crippen molar-refractivity contribution in [2.75, 3.05) is 45.2 Å². The number of carbonyl (C=O) groups excluding carboxylic acids is 2. The number of ether oxygens (including phenoxy) is 1. The van der Waals surface area contributed by atoms with Gasteiger partial charge >= 0.3 is 0 Å². The molecule has 28 heavy (non-hydrogen) atoms. The van der Waals surface area contributed by atoms with Crippen molar-refractivity contribution in [3.05, 3.63) is 65.9 Å². The Morgan fingerprint density at radius 2 is 1.46 bits per heavy atom. The van der Waals surface area contributed by atoms with E-state index in [2.05, 4.69) is 11.9 Å². The molecule has 0 N–H and O–H groups in total. The first-order valence-corrected chi connectivity index (χ1v) is 9.36. The minimum absolute atomic E-state index is 0.265. The number of benzene rings is 2. The Kier molecular flexibility index (Phi) is 4.88. The number of amides is 2. The minimum Gasteiger partial charge on any atom is -0.497 e. The van der Waals surface area contributed by atoms with Gasteiger partial charge in [0.25, 0.3) is 11.8 Å². The lowest BCUT2D eigenvalue weighted by Gasteiger charge is -2.34. The fourth-order valence-corrected chi connectivity index (χ4v) is 3.67. The predicted octanol–water partition coefficient (Wildman–Crippen LogP) is 2.23. The highest BCUT2D eigenvalue weighted by molar-refractivity contribution is 6.45. The monoisotopic (exact) mass is 377 g/mol. The predicted molar refractivity (Wildman–Crippen MR) is 108 cm³/mol. The van der Waals surface area contributed by atoms with Crippen LogP contribution in [0.4, 0.5) is 5.69 Å². The Balaban J connectivity index is 1.76. The summed E-state index contributed by atoms with van der Waals surface area (Å²) in [5, 5.41) is 0. The average Bonchev–Trinajstić information content (AvgIpc) is 2.99. The van der Waals surface area contributed by atoms with Crippen LogP contribution in [0.25, 0.3) is 5.57 Å². The zero-order chi connectivity index (χ0) is 19.7. The summed E-state index contributed by atoms with van der Waals surface area (Å²) < 4.78 is 5.19. The molecule has 0 bridgehead atoms. The number of rotatable bonds is 4. The van der Waals surface area contributed by atoms with Crippen molar-refractivity contribution in [1.29, 1.82) is 0 Å². The molecule has 1 saturated heterocycles. The minimum atomic E-state index is -0.282. The van der Waals surface area contributed by atoms with Crippen molar-refractivity contribution >= 4 is 23.1 Å². The smallest absolute Gasteiger partial charge is 0.282 e. The zero-order valence-corrected chi connectivity index (χ0v) is 16.1. The third-order valence-corrected chi connectivity index (χ3v) is 5.27. The summed E-state index contributed by atoms with van der Waals surface area (Å²) in [5.41, 5.74) is 2.30. The number of hydrogen-bond acceptors (Lipinski definition) is 5. The second kappa shape index (κ2) is 7.48. The van der Waals surface area contributed by atoms with Crippen molar-refractivity contribution in [3.63, 3.8) is 0 Å². The van der Waals surface area contributed by atoms with Gasteiger partial charge in [0.2, 0.25) is 0 Å². The molecule has 0 unspecified atom stereocenters. The average molecular weight is 377 g/mol. The highest BCUT2D eigenvalue weighted by Gasteiger charge is 2.42. The Morgan fingerprint density at radius 3 is 2.07 bits per heavy atom. The molecule has 6 nitrogen and oxygen atoms in total. The summed E-state index contributed by atoms with van der Waals surface area (Å²) in [4.78, 5) is 32.3. The SMILES string of the molecule is COc1ccc(N2C(=O)C(c3ccccc3)=C(N3CCN(C)CC3)C2=O)cc1. The van der Waals surface area contributed by atoms with E-state index in [9.17, 15) is 9.59 Å². The van der Waals surface area contributed by atoms with Gasteiger partial charge in [-0.25, -0.2) is 4.90 Å². The Labute approximate surface area is 164 Å². The number of anilines is 1. The molecule has 2 aromatic rings. The van der Waals surface area contributed by atoms with Crippen molar-refractivity contribution in [2.24, 2.45) is 0 Å². The van der Waals surface area contributed by atoms with Crippen LogP contribution in [0.15, 0.2) is 60.3 Å². The van der Waals surface area contributed by atoms with E-state index in [0.717, 1.165) is 31.7 Å². The van der Waals surface area contributed by atoms with E-state index in [0.29, 0.717) is 22.7 Å². The number of methoxy groups -OCH3 is 1. The van der Waals surface area contributed by atoms with Gasteiger partial charge in [0, 0.05) is 26.2 Å². The number of piperazine rings is 1. The van der Waals surface area contributed by atoms with Gasteiger partial charge in [-0.1, -0.05) is 30.3 Å². The lowest BCUT2D eigenvalue weighted by molar-refractivity contribution is -0.120. The molecule has 0 aromatic heterocycles. The lowest BCUT2D eigenvalue weighted by atomic mass is 10.0. The first-order valence-electron chi connectivity index (χ1n) is 9.36. The number of carbonyl (C=O) groups is 2. The molecule has 2 aliphatic heterocycles. The van der Waals surface area contributed by atoms with Gasteiger partial charge in [-0.2, -0.15) is 0 Å². The molecule has 0 radical (unpaired) electrons. The molecular weight excluding hydrogens is 354 g/mol. The van der Waals surface area contributed by atoms with Crippen LogP contribution in [0.1, 0.15) is 5.56 Å². The van der Waals surface area contributed by atoms with E-state index in [1.165, 1.54) is 4.90 Å². The number of nitrogens with zero attached hydrogens (tertiary/aromatic N) is 3. The molecule has 0 atom stereocenters. The van der Waals surface area contributed by atoms with Gasteiger partial charge in [-0.15, -0.1) is 0 Å². The molecule has 2 heterocycles. The largest absolute Gasteiger partial charge is 0.497 e. The quantitative estimate of drug-likeness (QED) is 0.765. The van der Waals surface area contributed by atoms with Gasteiger partial charge in [0.15, 0.2) is 0 Å². The molecule has 1 fully saturated rings. The highest BCUT2D eigenvalue weighted by Crippen LogP contribution is 2.35. The van der Waals surface area contributed by atoms with Gasteiger partial charge in [-0.05, 0) is 36.9 Å². The number of hydrogen-bond donors (Lipinski definition) is 0. The second-order valence-corrected chi connectivity index (χ2v) is 7.02. The molecule has 2 amide bonds. The van der Waals surface area contributed by atoms with Crippen molar-refractivity contribution < 1.29 is 14.3 Å². The molecule has 6 heteroatoms. The van der Waals surface area contributed by atoms with E-state index >= 15 is 0 Å². The van der Waals surface area contributed by atoms with Gasteiger partial charge in [0.05, 0.1) is 18.4 Å². The van der Waals surface area contributed by atoms with Gasteiger partial charge in [-0.3, -0.25) is 9.59 Å². The molecule has 0 spiro atoms. The third kappa shape index (κ3) is 3.16. The molecule has 144 valence electrons. The fraction of sp³-hybridized carbons (Fsp3) is 0.273. The van der Waals surface area contributed by atoms with Crippen LogP contribution in [0.3, 0.4) is 0 Å². The van der Waals surface area contributed by atoms with Crippen LogP contribution in [0.2, 0.25) is 0 Å². The normalized spacial score (nSPS) is 18.2. The topological polar surface area (TPSA) is 53.1 Å². The van der Waals surface area contributed by atoms with Crippen LogP contribution >= 0.6 is 0 Å². The van der Waals surface area contributed by atoms with Crippen LogP contribution in [0, 0.1) is 0 Å². The summed E-state index contributed by atoms with van der Waals surface area (Å²) in [6.45, 7) is 3.15. The molecule has 2 aliphatic rings. The van der Waals surface area contributed by atoms with Crippen molar-refractivity contribution in [3.8, 4) is 5.75 Å². The number of imide groups is 1. The Morgan fingerprint density at radius 1 is 0.821 bits per heavy atom. The van der Waals surface area contributed by atoms with E-state index in [1.54, 1.807) is 31.4 Å². The van der Waals surface area contributed by atoms with Gasteiger partial charge in [0.1, 0.15) is 11.4 Å². The maximum absolute atomic E-state index is 13.4. The molecule has 0 aliphatic carbocycles. The van der Waals surface area contributed by atoms with Crippen molar-refractivity contribution in [1.82, 2.24) is 9.80 Å². The Bertz CT molecular complexity index is 914. The maximum atomic E-state index is 13.4. The maximum Gasteiger partial charge on any atom is 0.282 e. The molecular formula is C22H23N3O3. The van der Waals surface area contributed by atoms with E-state index in [4.69, 9.17) is 4.74 Å². The van der Waals surface area contributed by atoms with Crippen LogP contribution in [0.5, 0.6) is 5.75 Å². The summed E-state index contributed by atoms with van der Waals surface area (Å²) in [7, 11) is 3.65. The molecule has 2 aromatic carbocycles. The first-order chi connectivity index (χ1) is 13.6. The summed E-state index contributed by atoms with van der Waals surface area (Å²) in [5.74, 6) is 0.132. The number of likely N-dealkylation sites (N-methyl/N-ethyl adjacent to an activating group) is 1. The lowest BCUT2D eigenvalue weighted by Crippen LogP contribution is -2.46. The second-order valence-electron chi connectivity index (χ2n) is 7.02.